The number of benzene rings is 3. The molecule has 32 heavy (non-hydrogen) atoms. The minimum atomic E-state index is -4.74. The Bertz CT molecular complexity index is 1340. The summed E-state index contributed by atoms with van der Waals surface area (Å²) in [6.45, 7) is 1.54. The third-order valence-corrected chi connectivity index (χ3v) is 5.10. The van der Waals surface area contributed by atoms with Crippen molar-refractivity contribution in [1.29, 1.82) is 0 Å². The number of ether oxygens (including phenoxy) is 1. The van der Waals surface area contributed by atoms with Crippen molar-refractivity contribution in [3.8, 4) is 17.0 Å². The van der Waals surface area contributed by atoms with Gasteiger partial charge in [-0.1, -0.05) is 36.4 Å². The largest absolute Gasteiger partial charge is 0.573 e. The van der Waals surface area contributed by atoms with E-state index in [0.717, 1.165) is 17.2 Å². The fraction of sp³-hybridized carbons (Fsp3) is 0.125. The quantitative estimate of drug-likeness (QED) is 0.376. The first-order valence-electron chi connectivity index (χ1n) is 9.57. The summed E-state index contributed by atoms with van der Waals surface area (Å²) in [6.07, 6.45) is -4.26. The van der Waals surface area contributed by atoms with Gasteiger partial charge in [0.05, 0.1) is 16.6 Å². The van der Waals surface area contributed by atoms with Gasteiger partial charge < -0.3 is 9.72 Å². The Kier molecular flexibility index (Phi) is 5.46. The number of pyridine rings is 1. The molecule has 3 aromatic carbocycles. The topological polar surface area (TPSA) is 42.1 Å². The van der Waals surface area contributed by atoms with Crippen molar-refractivity contribution in [3.63, 3.8) is 0 Å². The highest BCUT2D eigenvalue weighted by molar-refractivity contribution is 5.83. The van der Waals surface area contributed by atoms with Crippen molar-refractivity contribution >= 4 is 10.9 Å². The van der Waals surface area contributed by atoms with Crippen molar-refractivity contribution in [3.05, 3.63) is 99.2 Å². The lowest BCUT2D eigenvalue weighted by Gasteiger charge is -2.11. The smallest absolute Gasteiger partial charge is 0.406 e. The molecule has 0 atom stereocenters. The van der Waals surface area contributed by atoms with Gasteiger partial charge in [0, 0.05) is 5.56 Å². The van der Waals surface area contributed by atoms with Crippen LogP contribution in [0.5, 0.6) is 5.75 Å². The lowest BCUT2D eigenvalue weighted by atomic mass is 9.99. The molecule has 0 spiro atoms. The van der Waals surface area contributed by atoms with Crippen LogP contribution in [0, 0.1) is 18.6 Å². The van der Waals surface area contributed by atoms with Crippen LogP contribution in [0.15, 0.2) is 65.5 Å². The first-order chi connectivity index (χ1) is 15.1. The maximum atomic E-state index is 14.1. The third-order valence-electron chi connectivity index (χ3n) is 5.10. The highest BCUT2D eigenvalue weighted by Crippen LogP contribution is 2.26. The van der Waals surface area contributed by atoms with Crippen molar-refractivity contribution < 1.29 is 26.7 Å². The lowest BCUT2D eigenvalue weighted by Crippen LogP contribution is -2.17. The molecule has 164 valence electrons. The highest BCUT2D eigenvalue weighted by Gasteiger charge is 2.30. The van der Waals surface area contributed by atoms with Gasteiger partial charge in [-0.25, -0.2) is 8.78 Å². The molecule has 0 unspecified atom stereocenters. The predicted octanol–water partition coefficient (Wildman–Crippen LogP) is 6.27. The number of hydrogen-bond acceptors (Lipinski definition) is 2. The van der Waals surface area contributed by atoms with E-state index in [1.807, 2.05) is 12.1 Å². The number of halogens is 5. The maximum absolute atomic E-state index is 14.1. The molecule has 1 aromatic heterocycles. The fourth-order valence-electron chi connectivity index (χ4n) is 3.53. The molecular weight excluding hydrogens is 429 g/mol. The van der Waals surface area contributed by atoms with Crippen molar-refractivity contribution in [2.24, 2.45) is 0 Å². The Morgan fingerprint density at radius 1 is 0.875 bits per heavy atom. The van der Waals surface area contributed by atoms with Gasteiger partial charge >= 0.3 is 6.36 Å². The van der Waals surface area contributed by atoms with Crippen molar-refractivity contribution in [1.82, 2.24) is 4.98 Å². The van der Waals surface area contributed by atoms with Gasteiger partial charge in [-0.15, -0.1) is 13.2 Å². The van der Waals surface area contributed by atoms with E-state index in [1.54, 1.807) is 24.3 Å². The van der Waals surface area contributed by atoms with Crippen LogP contribution >= 0.6 is 0 Å². The molecule has 1 heterocycles. The maximum Gasteiger partial charge on any atom is 0.573 e. The summed E-state index contributed by atoms with van der Waals surface area (Å²) >= 11 is 0. The number of fused-ring (bicyclic) bond motifs is 1. The molecule has 0 aliphatic heterocycles. The summed E-state index contributed by atoms with van der Waals surface area (Å²) < 4.78 is 68.3. The normalized spacial score (nSPS) is 11.7. The second-order valence-electron chi connectivity index (χ2n) is 7.30. The summed E-state index contributed by atoms with van der Waals surface area (Å²) in [4.78, 5) is 15.6. The summed E-state index contributed by atoms with van der Waals surface area (Å²) in [5.74, 6) is -2.55. The Hall–Kier alpha value is -3.68. The number of aromatic amines is 1. The van der Waals surface area contributed by atoms with Gasteiger partial charge in [-0.2, -0.15) is 0 Å². The molecule has 3 nitrogen and oxygen atoms in total. The molecule has 0 saturated heterocycles. The average molecular weight is 445 g/mol. The van der Waals surface area contributed by atoms with Gasteiger partial charge in [0.15, 0.2) is 17.1 Å². The predicted molar refractivity (Wildman–Crippen MR) is 111 cm³/mol. The molecule has 0 aliphatic carbocycles. The molecule has 0 bridgehead atoms. The first kappa shape index (κ1) is 21.5. The van der Waals surface area contributed by atoms with Crippen LogP contribution in [-0.2, 0) is 6.42 Å². The first-order valence-corrected chi connectivity index (χ1v) is 9.57. The Morgan fingerprint density at radius 3 is 2.06 bits per heavy atom. The summed E-state index contributed by atoms with van der Waals surface area (Å²) in [5, 5.41) is -0.319. The molecule has 8 heteroatoms. The van der Waals surface area contributed by atoms with Crippen LogP contribution < -0.4 is 10.2 Å². The average Bonchev–Trinajstić information content (AvgIpc) is 2.74. The van der Waals surface area contributed by atoms with Crippen LogP contribution in [0.3, 0.4) is 0 Å². The molecule has 0 aliphatic rings. The zero-order valence-corrected chi connectivity index (χ0v) is 16.7. The molecular formula is C24H16F5NO2. The SMILES string of the molecule is Cc1c(-c2ccc(Cc3ccc(OC(F)(F)F)cc3)cc2)[nH]c2ccc(F)c(F)c2c1=O. The fourth-order valence-corrected chi connectivity index (χ4v) is 3.53. The number of alkyl halides is 3. The molecule has 0 radical (unpaired) electrons. The van der Waals surface area contributed by atoms with Crippen molar-refractivity contribution in [2.45, 2.75) is 19.7 Å². The molecule has 4 rings (SSSR count). The van der Waals surface area contributed by atoms with Crippen LogP contribution in [0.4, 0.5) is 22.0 Å². The van der Waals surface area contributed by atoms with Crippen LogP contribution in [0.2, 0.25) is 0 Å². The van der Waals surface area contributed by atoms with E-state index in [2.05, 4.69) is 9.72 Å². The molecule has 0 fully saturated rings. The molecule has 1 N–H and O–H groups in total. The van der Waals surface area contributed by atoms with Gasteiger partial charge in [0.25, 0.3) is 0 Å². The van der Waals surface area contributed by atoms with E-state index in [9.17, 15) is 26.7 Å². The number of H-pyrrole nitrogens is 1. The van der Waals surface area contributed by atoms with Gasteiger partial charge in [0.1, 0.15) is 5.75 Å². The van der Waals surface area contributed by atoms with Crippen LogP contribution in [0.1, 0.15) is 16.7 Å². The Morgan fingerprint density at radius 2 is 1.47 bits per heavy atom. The summed E-state index contributed by atoms with van der Waals surface area (Å²) in [6, 6.07) is 15.1. The molecule has 0 amide bonds. The second kappa shape index (κ2) is 8.11. The van der Waals surface area contributed by atoms with E-state index in [0.29, 0.717) is 17.7 Å². The summed E-state index contributed by atoms with van der Waals surface area (Å²) in [5.41, 5.74) is 2.73. The third kappa shape index (κ3) is 4.34. The lowest BCUT2D eigenvalue weighted by molar-refractivity contribution is -0.274. The summed E-state index contributed by atoms with van der Waals surface area (Å²) in [7, 11) is 0. The zero-order valence-electron chi connectivity index (χ0n) is 16.7. The van der Waals surface area contributed by atoms with E-state index in [-0.39, 0.29) is 22.2 Å². The number of nitrogens with one attached hydrogen (secondary N) is 1. The second-order valence-corrected chi connectivity index (χ2v) is 7.30. The Balaban J connectivity index is 1.59. The van der Waals surface area contributed by atoms with Gasteiger partial charge in [-0.3, -0.25) is 4.79 Å². The minimum absolute atomic E-state index is 0.194. The van der Waals surface area contributed by atoms with Crippen LogP contribution in [0.25, 0.3) is 22.2 Å². The zero-order chi connectivity index (χ0) is 23.0. The molecule has 4 aromatic rings. The number of rotatable bonds is 4. The van der Waals surface area contributed by atoms with E-state index in [4.69, 9.17) is 0 Å². The monoisotopic (exact) mass is 445 g/mol. The van der Waals surface area contributed by atoms with E-state index in [1.165, 1.54) is 25.1 Å². The van der Waals surface area contributed by atoms with Crippen molar-refractivity contribution in [2.75, 3.05) is 0 Å². The number of aromatic nitrogens is 1. The standard InChI is InChI=1S/C24H16F5NO2/c1-13-22(30-19-11-10-18(25)21(26)20(19)23(13)31)16-6-2-14(3-7-16)12-15-4-8-17(9-5-15)32-24(27,28)29/h2-11H,12H2,1H3,(H,30,31). The number of hydrogen-bond donors (Lipinski definition) is 1. The highest BCUT2D eigenvalue weighted by atomic mass is 19.4. The van der Waals surface area contributed by atoms with Gasteiger partial charge in [-0.05, 0) is 54.3 Å². The minimum Gasteiger partial charge on any atom is -0.406 e. The Labute approximate surface area is 179 Å². The van der Waals surface area contributed by atoms with Gasteiger partial charge in [0.2, 0.25) is 0 Å². The van der Waals surface area contributed by atoms with Crippen LogP contribution in [-0.4, -0.2) is 11.3 Å². The van der Waals surface area contributed by atoms with E-state index >= 15 is 0 Å². The molecule has 0 saturated carbocycles. The van der Waals surface area contributed by atoms with E-state index < -0.39 is 23.4 Å².